The Bertz CT molecular complexity index is 600. The number of nitrogens with zero attached hydrogens (tertiary/aromatic N) is 1. The van der Waals surface area contributed by atoms with Gasteiger partial charge >= 0.3 is 12.1 Å². The standard InChI is InChI=1S/C22H43NO6Si/c1-20(2,3)28-18(24)15-26-17-12-16(14-27-30(10,11)22(7,8)9)23(13-17)19(25)29-21(4,5)6/h16-17H,12-15H2,1-11H3/t16-,17-/m0/s1. The van der Waals surface area contributed by atoms with Gasteiger partial charge in [0.05, 0.1) is 25.3 Å². The molecule has 2 atom stereocenters. The second-order valence-corrected chi connectivity index (χ2v) is 16.4. The molecular weight excluding hydrogens is 402 g/mol. The molecule has 1 amide bonds. The van der Waals surface area contributed by atoms with Crippen LogP contribution in [0.4, 0.5) is 4.79 Å². The van der Waals surface area contributed by atoms with Crippen LogP contribution >= 0.6 is 0 Å². The van der Waals surface area contributed by atoms with Gasteiger partial charge in [-0.1, -0.05) is 20.8 Å². The third-order valence-electron chi connectivity index (χ3n) is 5.30. The maximum atomic E-state index is 12.8. The molecule has 1 rings (SSSR count). The summed E-state index contributed by atoms with van der Waals surface area (Å²) < 4.78 is 23.0. The summed E-state index contributed by atoms with van der Waals surface area (Å²) in [6.45, 7) is 22.6. The Kier molecular flexibility index (Phi) is 8.58. The van der Waals surface area contributed by atoms with Crippen molar-refractivity contribution < 1.29 is 28.2 Å². The van der Waals surface area contributed by atoms with Crippen molar-refractivity contribution >= 4 is 20.4 Å². The summed E-state index contributed by atoms with van der Waals surface area (Å²) in [7, 11) is -1.96. The summed E-state index contributed by atoms with van der Waals surface area (Å²) in [5, 5.41) is 0.0783. The quantitative estimate of drug-likeness (QED) is 0.434. The molecule has 0 saturated carbocycles. The van der Waals surface area contributed by atoms with Gasteiger partial charge in [-0.2, -0.15) is 0 Å². The molecule has 176 valence electrons. The number of carbonyl (C=O) groups excluding carboxylic acids is 2. The Morgan fingerprint density at radius 2 is 1.47 bits per heavy atom. The molecule has 1 aliphatic heterocycles. The van der Waals surface area contributed by atoms with Crippen molar-refractivity contribution in [2.75, 3.05) is 19.8 Å². The first-order chi connectivity index (χ1) is 13.3. The number of rotatable bonds is 6. The molecule has 0 N–H and O–H groups in total. The summed E-state index contributed by atoms with van der Waals surface area (Å²) in [6.07, 6.45) is -0.0517. The van der Waals surface area contributed by atoms with E-state index in [1.165, 1.54) is 0 Å². The number of amides is 1. The fourth-order valence-electron chi connectivity index (χ4n) is 2.77. The number of carbonyl (C=O) groups is 2. The second-order valence-electron chi connectivity index (χ2n) is 11.6. The second kappa shape index (κ2) is 9.57. The average Bonchev–Trinajstić information content (AvgIpc) is 2.90. The minimum absolute atomic E-state index is 0.0783. The van der Waals surface area contributed by atoms with E-state index in [4.69, 9.17) is 18.6 Å². The Morgan fingerprint density at radius 3 is 1.93 bits per heavy atom. The monoisotopic (exact) mass is 445 g/mol. The number of ether oxygens (including phenoxy) is 3. The summed E-state index contributed by atoms with van der Waals surface area (Å²) >= 11 is 0. The topological polar surface area (TPSA) is 74.3 Å². The van der Waals surface area contributed by atoms with Crippen molar-refractivity contribution in [3.8, 4) is 0 Å². The van der Waals surface area contributed by atoms with Gasteiger partial charge < -0.3 is 23.5 Å². The highest BCUT2D eigenvalue weighted by Gasteiger charge is 2.42. The molecule has 1 fully saturated rings. The van der Waals surface area contributed by atoms with Crippen LogP contribution in [0.1, 0.15) is 68.7 Å². The Balaban J connectivity index is 2.81. The Hall–Kier alpha value is -1.12. The zero-order chi connectivity index (χ0) is 23.5. The molecule has 0 radical (unpaired) electrons. The van der Waals surface area contributed by atoms with Gasteiger partial charge in [0.25, 0.3) is 0 Å². The van der Waals surface area contributed by atoms with Crippen LogP contribution in [0, 0.1) is 0 Å². The molecule has 1 aliphatic rings. The van der Waals surface area contributed by atoms with E-state index < -0.39 is 25.5 Å². The highest BCUT2D eigenvalue weighted by Crippen LogP contribution is 2.37. The van der Waals surface area contributed by atoms with Crippen molar-refractivity contribution in [1.29, 1.82) is 0 Å². The van der Waals surface area contributed by atoms with Crippen molar-refractivity contribution in [3.63, 3.8) is 0 Å². The zero-order valence-corrected chi connectivity index (χ0v) is 21.9. The molecule has 1 heterocycles. The molecule has 30 heavy (non-hydrogen) atoms. The summed E-state index contributed by atoms with van der Waals surface area (Å²) in [4.78, 5) is 26.5. The first kappa shape index (κ1) is 26.9. The van der Waals surface area contributed by atoms with Crippen LogP contribution in [-0.2, 0) is 23.4 Å². The third kappa shape index (κ3) is 8.94. The van der Waals surface area contributed by atoms with Crippen LogP contribution in [-0.4, -0.2) is 68.4 Å². The lowest BCUT2D eigenvalue weighted by molar-refractivity contribution is -0.162. The van der Waals surface area contributed by atoms with E-state index in [2.05, 4.69) is 33.9 Å². The molecule has 0 aromatic heterocycles. The van der Waals surface area contributed by atoms with Gasteiger partial charge in [-0.05, 0) is 66.1 Å². The third-order valence-corrected chi connectivity index (χ3v) is 9.80. The molecule has 8 heteroatoms. The number of hydrogen-bond acceptors (Lipinski definition) is 6. The molecule has 0 aromatic carbocycles. The maximum absolute atomic E-state index is 12.8. The molecule has 0 unspecified atom stereocenters. The van der Waals surface area contributed by atoms with Gasteiger partial charge in [-0.25, -0.2) is 9.59 Å². The van der Waals surface area contributed by atoms with E-state index in [1.807, 2.05) is 41.5 Å². The molecular formula is C22H43NO6Si. The van der Waals surface area contributed by atoms with Gasteiger partial charge in [0.2, 0.25) is 0 Å². The minimum Gasteiger partial charge on any atom is -0.458 e. The lowest BCUT2D eigenvalue weighted by atomic mass is 10.2. The largest absolute Gasteiger partial charge is 0.458 e. The van der Waals surface area contributed by atoms with Gasteiger partial charge in [0.15, 0.2) is 8.32 Å². The summed E-state index contributed by atoms with van der Waals surface area (Å²) in [5.74, 6) is -0.410. The summed E-state index contributed by atoms with van der Waals surface area (Å²) in [6, 6.07) is -0.155. The SMILES string of the molecule is CC(C)(C)OC(=O)CO[C@H]1C[C@@H](CO[Si](C)(C)C(C)(C)C)N(C(=O)OC(C)(C)C)C1. The number of esters is 1. The van der Waals surface area contributed by atoms with Crippen LogP contribution in [0.15, 0.2) is 0 Å². The number of likely N-dealkylation sites (tertiary alicyclic amines) is 1. The minimum atomic E-state index is -1.96. The van der Waals surface area contributed by atoms with Crippen molar-refractivity contribution in [2.45, 2.75) is 110 Å². The molecule has 0 spiro atoms. The fraction of sp³-hybridized carbons (Fsp3) is 0.909. The van der Waals surface area contributed by atoms with Gasteiger partial charge in [0, 0.05) is 0 Å². The van der Waals surface area contributed by atoms with E-state index in [1.54, 1.807) is 4.90 Å². The molecule has 0 aliphatic carbocycles. The van der Waals surface area contributed by atoms with E-state index in [9.17, 15) is 9.59 Å². The lowest BCUT2D eigenvalue weighted by Crippen LogP contribution is -2.46. The normalized spacial score (nSPS) is 21.0. The van der Waals surface area contributed by atoms with Crippen molar-refractivity contribution in [2.24, 2.45) is 0 Å². The Morgan fingerprint density at radius 1 is 0.933 bits per heavy atom. The smallest absolute Gasteiger partial charge is 0.410 e. The van der Waals surface area contributed by atoms with E-state index in [0.29, 0.717) is 19.6 Å². The van der Waals surface area contributed by atoms with Crippen molar-refractivity contribution in [3.05, 3.63) is 0 Å². The molecule has 7 nitrogen and oxygen atoms in total. The predicted molar refractivity (Wildman–Crippen MR) is 120 cm³/mol. The van der Waals surface area contributed by atoms with Gasteiger partial charge in [0.1, 0.15) is 17.8 Å². The van der Waals surface area contributed by atoms with E-state index in [-0.39, 0.29) is 29.9 Å². The van der Waals surface area contributed by atoms with Crippen LogP contribution < -0.4 is 0 Å². The number of hydrogen-bond donors (Lipinski definition) is 0. The predicted octanol–water partition coefficient (Wildman–Crippen LogP) is 4.74. The zero-order valence-electron chi connectivity index (χ0n) is 20.9. The maximum Gasteiger partial charge on any atom is 0.410 e. The van der Waals surface area contributed by atoms with Crippen LogP contribution in [0.2, 0.25) is 18.1 Å². The van der Waals surface area contributed by atoms with Crippen molar-refractivity contribution in [1.82, 2.24) is 4.90 Å². The molecule has 0 aromatic rings. The van der Waals surface area contributed by atoms with Crippen LogP contribution in [0.25, 0.3) is 0 Å². The first-order valence-electron chi connectivity index (χ1n) is 10.8. The highest BCUT2D eigenvalue weighted by molar-refractivity contribution is 6.74. The highest BCUT2D eigenvalue weighted by atomic mass is 28.4. The fourth-order valence-corrected chi connectivity index (χ4v) is 3.82. The van der Waals surface area contributed by atoms with Gasteiger partial charge in [-0.15, -0.1) is 0 Å². The Labute approximate surface area is 183 Å². The average molecular weight is 446 g/mol. The summed E-state index contributed by atoms with van der Waals surface area (Å²) in [5.41, 5.74) is -1.14. The van der Waals surface area contributed by atoms with Crippen LogP contribution in [0.3, 0.4) is 0 Å². The van der Waals surface area contributed by atoms with E-state index >= 15 is 0 Å². The molecule has 0 bridgehead atoms. The van der Waals surface area contributed by atoms with Crippen LogP contribution in [0.5, 0.6) is 0 Å². The van der Waals surface area contributed by atoms with E-state index in [0.717, 1.165) is 0 Å². The molecule has 1 saturated heterocycles. The lowest BCUT2D eigenvalue weighted by Gasteiger charge is -2.38. The first-order valence-corrected chi connectivity index (χ1v) is 13.7. The van der Waals surface area contributed by atoms with Gasteiger partial charge in [-0.3, -0.25) is 0 Å².